The SMILES string of the molecule is COC(=O)C(CC1=c2ccccc2=NC1=Cc1c(OC(C)C)[nH][nH]c1=O)NC(C)=O. The van der Waals surface area contributed by atoms with Gasteiger partial charge < -0.3 is 14.8 Å². The monoisotopic (exact) mass is 412 g/mol. The highest BCUT2D eigenvalue weighted by Gasteiger charge is 2.26. The summed E-state index contributed by atoms with van der Waals surface area (Å²) in [7, 11) is 1.26. The van der Waals surface area contributed by atoms with Crippen molar-refractivity contribution in [1.29, 1.82) is 0 Å². The van der Waals surface area contributed by atoms with Crippen LogP contribution in [0.1, 0.15) is 32.8 Å². The van der Waals surface area contributed by atoms with Gasteiger partial charge in [-0.05, 0) is 31.6 Å². The highest BCUT2D eigenvalue weighted by molar-refractivity contribution is 5.86. The Bertz CT molecular complexity index is 1170. The summed E-state index contributed by atoms with van der Waals surface area (Å²) < 4.78 is 10.5. The lowest BCUT2D eigenvalue weighted by Gasteiger charge is -2.16. The summed E-state index contributed by atoms with van der Waals surface area (Å²) in [5, 5.41) is 9.38. The lowest BCUT2D eigenvalue weighted by Crippen LogP contribution is -2.41. The average molecular weight is 412 g/mol. The topological polar surface area (TPSA) is 126 Å². The number of allylic oxidation sites excluding steroid dienone is 1. The van der Waals surface area contributed by atoms with E-state index in [1.165, 1.54) is 14.0 Å². The third-order valence-corrected chi connectivity index (χ3v) is 4.46. The Labute approximate surface area is 172 Å². The Hall–Kier alpha value is -3.62. The van der Waals surface area contributed by atoms with Gasteiger partial charge in [0, 0.05) is 18.6 Å². The fourth-order valence-electron chi connectivity index (χ4n) is 3.23. The van der Waals surface area contributed by atoms with Crippen molar-refractivity contribution in [1.82, 2.24) is 15.5 Å². The van der Waals surface area contributed by atoms with Gasteiger partial charge in [0.15, 0.2) is 0 Å². The van der Waals surface area contributed by atoms with Crippen LogP contribution >= 0.6 is 0 Å². The first-order chi connectivity index (χ1) is 14.3. The molecule has 158 valence electrons. The summed E-state index contributed by atoms with van der Waals surface area (Å²) in [5.74, 6) is -0.612. The third-order valence-electron chi connectivity index (χ3n) is 4.46. The largest absolute Gasteiger partial charge is 0.475 e. The molecular formula is C21H24N4O5. The molecular weight excluding hydrogens is 388 g/mol. The number of carbonyl (C=O) groups excluding carboxylic acids is 2. The molecule has 1 aliphatic rings. The molecule has 0 saturated heterocycles. The molecule has 0 spiro atoms. The Morgan fingerprint density at radius 1 is 1.23 bits per heavy atom. The zero-order valence-electron chi connectivity index (χ0n) is 17.2. The van der Waals surface area contributed by atoms with E-state index in [2.05, 4.69) is 20.5 Å². The van der Waals surface area contributed by atoms with Crippen LogP contribution in [0.5, 0.6) is 5.88 Å². The number of carbonyl (C=O) groups is 2. The van der Waals surface area contributed by atoms with E-state index >= 15 is 0 Å². The molecule has 0 bridgehead atoms. The van der Waals surface area contributed by atoms with Crippen molar-refractivity contribution in [3.8, 4) is 5.88 Å². The van der Waals surface area contributed by atoms with Gasteiger partial charge in [-0.25, -0.2) is 9.79 Å². The van der Waals surface area contributed by atoms with Gasteiger partial charge in [0.05, 0.1) is 24.3 Å². The van der Waals surface area contributed by atoms with Crippen molar-refractivity contribution < 1.29 is 19.1 Å². The number of fused-ring (bicyclic) bond motifs is 1. The molecule has 3 rings (SSSR count). The van der Waals surface area contributed by atoms with Crippen molar-refractivity contribution in [3.63, 3.8) is 0 Å². The van der Waals surface area contributed by atoms with E-state index in [9.17, 15) is 14.4 Å². The van der Waals surface area contributed by atoms with Crippen LogP contribution in [0.15, 0.2) is 39.7 Å². The molecule has 30 heavy (non-hydrogen) atoms. The Morgan fingerprint density at radius 3 is 2.63 bits per heavy atom. The number of esters is 1. The fraction of sp³-hybridized carbons (Fsp3) is 0.333. The van der Waals surface area contributed by atoms with E-state index in [0.29, 0.717) is 28.1 Å². The number of amides is 1. The molecule has 3 N–H and O–H groups in total. The smallest absolute Gasteiger partial charge is 0.328 e. The minimum Gasteiger partial charge on any atom is -0.475 e. The number of hydrogen-bond donors (Lipinski definition) is 3. The van der Waals surface area contributed by atoms with Crippen LogP contribution in [0.2, 0.25) is 0 Å². The maximum atomic E-state index is 12.3. The number of hydrogen-bond acceptors (Lipinski definition) is 6. The minimum absolute atomic E-state index is 0.141. The number of nitrogens with zero attached hydrogens (tertiary/aromatic N) is 1. The zero-order valence-corrected chi connectivity index (χ0v) is 17.2. The number of para-hydroxylation sites is 1. The number of aromatic nitrogens is 2. The highest BCUT2D eigenvalue weighted by atomic mass is 16.5. The van der Waals surface area contributed by atoms with Gasteiger partial charge in [-0.3, -0.25) is 19.8 Å². The minimum atomic E-state index is -0.886. The van der Waals surface area contributed by atoms with Crippen LogP contribution in [-0.4, -0.2) is 41.3 Å². The van der Waals surface area contributed by atoms with Crippen molar-refractivity contribution in [2.45, 2.75) is 39.3 Å². The van der Waals surface area contributed by atoms with Crippen LogP contribution < -0.4 is 26.2 Å². The van der Waals surface area contributed by atoms with Gasteiger partial charge in [-0.2, -0.15) is 0 Å². The number of aromatic amines is 2. The van der Waals surface area contributed by atoms with Gasteiger partial charge in [0.1, 0.15) is 11.6 Å². The molecule has 1 amide bonds. The zero-order chi connectivity index (χ0) is 21.8. The quantitative estimate of drug-likeness (QED) is 0.567. The molecule has 0 radical (unpaired) electrons. The summed E-state index contributed by atoms with van der Waals surface area (Å²) in [5.41, 5.74) is 1.16. The second-order valence-corrected chi connectivity index (χ2v) is 7.11. The van der Waals surface area contributed by atoms with Gasteiger partial charge >= 0.3 is 5.97 Å². The second-order valence-electron chi connectivity index (χ2n) is 7.11. The molecule has 2 aromatic rings. The maximum Gasteiger partial charge on any atom is 0.328 e. The summed E-state index contributed by atoms with van der Waals surface area (Å²) in [6, 6.07) is 6.55. The summed E-state index contributed by atoms with van der Waals surface area (Å²) in [4.78, 5) is 40.8. The summed E-state index contributed by atoms with van der Waals surface area (Å²) in [6.45, 7) is 5.03. The lowest BCUT2D eigenvalue weighted by molar-refractivity contribution is -0.144. The third kappa shape index (κ3) is 4.51. The van der Waals surface area contributed by atoms with E-state index in [1.807, 2.05) is 38.1 Å². The van der Waals surface area contributed by atoms with E-state index in [4.69, 9.17) is 9.47 Å². The first-order valence-corrected chi connectivity index (χ1v) is 9.51. The molecule has 0 fully saturated rings. The van der Waals surface area contributed by atoms with E-state index in [-0.39, 0.29) is 24.0 Å². The molecule has 1 atom stereocenters. The van der Waals surface area contributed by atoms with Gasteiger partial charge in [0.25, 0.3) is 5.56 Å². The highest BCUT2D eigenvalue weighted by Crippen LogP contribution is 2.25. The molecule has 2 heterocycles. The van der Waals surface area contributed by atoms with Crippen molar-refractivity contribution in [3.05, 3.63) is 56.5 Å². The number of methoxy groups -OCH3 is 1. The fourth-order valence-corrected chi connectivity index (χ4v) is 3.23. The Balaban J connectivity index is 2.10. The van der Waals surface area contributed by atoms with Crippen LogP contribution in [-0.2, 0) is 14.3 Å². The number of rotatable bonds is 7. The number of benzene rings is 1. The summed E-state index contributed by atoms with van der Waals surface area (Å²) in [6.07, 6.45) is 1.63. The predicted octanol–water partition coefficient (Wildman–Crippen LogP) is 0.383. The van der Waals surface area contributed by atoms with E-state index in [0.717, 1.165) is 5.22 Å². The molecule has 1 aromatic carbocycles. The molecule has 9 nitrogen and oxygen atoms in total. The molecule has 1 aliphatic heterocycles. The first-order valence-electron chi connectivity index (χ1n) is 9.51. The molecule has 1 unspecified atom stereocenters. The van der Waals surface area contributed by atoms with Crippen LogP contribution in [0, 0.1) is 0 Å². The first kappa shape index (κ1) is 21.1. The molecule has 0 saturated carbocycles. The summed E-state index contributed by atoms with van der Waals surface area (Å²) >= 11 is 0. The standard InChI is InChI=1S/C21H24N4O5/c1-11(2)30-20-15(19(27)24-25-20)10-17-14(13-7-5-6-8-16(13)23-17)9-18(21(28)29-4)22-12(3)26/h5-8,10-11,18H,9H2,1-4H3,(H,22,26)(H2,24,25,27). The number of ether oxygens (including phenoxy) is 2. The number of nitrogens with one attached hydrogen (secondary N) is 3. The van der Waals surface area contributed by atoms with Crippen molar-refractivity contribution >= 4 is 23.5 Å². The van der Waals surface area contributed by atoms with Gasteiger partial charge in [-0.1, -0.05) is 18.2 Å². The van der Waals surface area contributed by atoms with Crippen molar-refractivity contribution in [2.24, 2.45) is 4.99 Å². The second kappa shape index (κ2) is 8.81. The molecule has 9 heteroatoms. The van der Waals surface area contributed by atoms with E-state index < -0.39 is 12.0 Å². The van der Waals surface area contributed by atoms with Gasteiger partial charge in [-0.15, -0.1) is 0 Å². The van der Waals surface area contributed by atoms with Crippen LogP contribution in [0.4, 0.5) is 0 Å². The van der Waals surface area contributed by atoms with Gasteiger partial charge in [0.2, 0.25) is 11.8 Å². The lowest BCUT2D eigenvalue weighted by atomic mass is 10.0. The van der Waals surface area contributed by atoms with E-state index in [1.54, 1.807) is 6.08 Å². The Kier molecular flexibility index (Phi) is 6.20. The predicted molar refractivity (Wildman–Crippen MR) is 110 cm³/mol. The van der Waals surface area contributed by atoms with Crippen LogP contribution in [0.3, 0.4) is 0 Å². The van der Waals surface area contributed by atoms with Crippen LogP contribution in [0.25, 0.3) is 11.6 Å². The normalized spacial score (nSPS) is 15.0. The Morgan fingerprint density at radius 2 is 1.97 bits per heavy atom. The average Bonchev–Trinajstić information content (AvgIpc) is 3.21. The number of H-pyrrole nitrogens is 2. The molecule has 1 aromatic heterocycles. The van der Waals surface area contributed by atoms with Crippen molar-refractivity contribution in [2.75, 3.05) is 7.11 Å². The molecule has 0 aliphatic carbocycles. The maximum absolute atomic E-state index is 12.3.